The highest BCUT2D eigenvalue weighted by atomic mass is 19.4. The number of rotatable bonds is 5. The molecule has 172 valence electrons. The van der Waals surface area contributed by atoms with Crippen LogP contribution in [0.2, 0.25) is 0 Å². The molecule has 1 aromatic rings. The van der Waals surface area contributed by atoms with Gasteiger partial charge in [-0.05, 0) is 60.6 Å². The van der Waals surface area contributed by atoms with Gasteiger partial charge in [0.2, 0.25) is 5.91 Å². The molecule has 31 heavy (non-hydrogen) atoms. The molecule has 3 nitrogen and oxygen atoms in total. The lowest BCUT2D eigenvalue weighted by molar-refractivity contribution is -0.150. The van der Waals surface area contributed by atoms with E-state index in [0.717, 1.165) is 37.9 Å². The van der Waals surface area contributed by atoms with Gasteiger partial charge >= 0.3 is 6.18 Å². The van der Waals surface area contributed by atoms with Crippen LogP contribution in [-0.4, -0.2) is 40.9 Å². The van der Waals surface area contributed by atoms with Crippen molar-refractivity contribution in [2.24, 2.45) is 29.6 Å². The molecule has 3 heterocycles. The summed E-state index contributed by atoms with van der Waals surface area (Å²) in [5.74, 6) is 2.33. The van der Waals surface area contributed by atoms with Gasteiger partial charge in [-0.3, -0.25) is 9.69 Å². The summed E-state index contributed by atoms with van der Waals surface area (Å²) in [6.45, 7) is 11.3. The average Bonchev–Trinajstić information content (AvgIpc) is 3.06. The van der Waals surface area contributed by atoms with Gasteiger partial charge in [0.05, 0.1) is 5.56 Å². The van der Waals surface area contributed by atoms with E-state index < -0.39 is 11.7 Å². The Bertz CT molecular complexity index is 789. The molecule has 1 aromatic carbocycles. The van der Waals surface area contributed by atoms with Crippen molar-refractivity contribution >= 4 is 5.91 Å². The number of likely N-dealkylation sites (tertiary alicyclic amines) is 1. The van der Waals surface area contributed by atoms with Crippen molar-refractivity contribution in [1.29, 1.82) is 0 Å². The van der Waals surface area contributed by atoms with Gasteiger partial charge in [0.1, 0.15) is 0 Å². The quantitative estimate of drug-likeness (QED) is 0.613. The second-order valence-electron chi connectivity index (χ2n) is 10.8. The molecule has 5 atom stereocenters. The largest absolute Gasteiger partial charge is 0.416 e. The molecular formula is C25H35F3N2O. The van der Waals surface area contributed by atoms with E-state index in [4.69, 9.17) is 0 Å². The molecular weight excluding hydrogens is 401 g/mol. The lowest BCUT2D eigenvalue weighted by atomic mass is 9.74. The van der Waals surface area contributed by atoms with E-state index >= 15 is 0 Å². The summed E-state index contributed by atoms with van der Waals surface area (Å²) in [6, 6.07) is 6.24. The lowest BCUT2D eigenvalue weighted by Gasteiger charge is -2.50. The van der Waals surface area contributed by atoms with Gasteiger partial charge < -0.3 is 4.90 Å². The summed E-state index contributed by atoms with van der Waals surface area (Å²) in [7, 11) is 0. The fourth-order valence-corrected chi connectivity index (χ4v) is 6.40. The minimum Gasteiger partial charge on any atom is -0.336 e. The van der Waals surface area contributed by atoms with Gasteiger partial charge in [0.25, 0.3) is 0 Å². The molecule has 3 aliphatic heterocycles. The van der Waals surface area contributed by atoms with Crippen LogP contribution in [0.4, 0.5) is 13.2 Å². The first-order valence-corrected chi connectivity index (χ1v) is 11.7. The predicted octanol–water partition coefficient (Wildman–Crippen LogP) is 5.44. The maximum atomic E-state index is 13.4. The van der Waals surface area contributed by atoms with E-state index in [1.54, 1.807) is 12.1 Å². The van der Waals surface area contributed by atoms with E-state index in [1.165, 1.54) is 12.1 Å². The second-order valence-corrected chi connectivity index (χ2v) is 10.8. The third-order valence-electron chi connectivity index (χ3n) is 7.58. The minimum atomic E-state index is -4.30. The molecule has 3 fully saturated rings. The van der Waals surface area contributed by atoms with E-state index in [0.29, 0.717) is 48.2 Å². The fraction of sp³-hybridized carbons (Fsp3) is 0.720. The number of carbonyl (C=O) groups is 1. The van der Waals surface area contributed by atoms with Crippen LogP contribution in [0.25, 0.3) is 0 Å². The first-order valence-electron chi connectivity index (χ1n) is 11.7. The zero-order valence-electron chi connectivity index (χ0n) is 19.0. The number of hydrogen-bond acceptors (Lipinski definition) is 2. The van der Waals surface area contributed by atoms with Crippen molar-refractivity contribution in [2.45, 2.75) is 71.8 Å². The lowest BCUT2D eigenvalue weighted by Crippen LogP contribution is -2.60. The molecule has 3 aliphatic rings. The molecule has 0 saturated carbocycles. The zero-order chi connectivity index (χ0) is 22.5. The Morgan fingerprint density at radius 3 is 2.16 bits per heavy atom. The molecule has 0 bridgehead atoms. The summed E-state index contributed by atoms with van der Waals surface area (Å²) < 4.78 is 38.6. The van der Waals surface area contributed by atoms with Crippen LogP contribution < -0.4 is 0 Å². The number of amides is 1. The third kappa shape index (κ3) is 4.50. The maximum absolute atomic E-state index is 13.4. The monoisotopic (exact) mass is 436 g/mol. The number of benzene rings is 1. The Balaban J connectivity index is 1.52. The van der Waals surface area contributed by atoms with Gasteiger partial charge in [-0.2, -0.15) is 13.2 Å². The number of hydrogen-bond donors (Lipinski definition) is 0. The van der Waals surface area contributed by atoms with Crippen molar-refractivity contribution in [1.82, 2.24) is 9.80 Å². The molecule has 4 rings (SSSR count). The Kier molecular flexibility index (Phi) is 6.14. The smallest absolute Gasteiger partial charge is 0.336 e. The van der Waals surface area contributed by atoms with Gasteiger partial charge in [0.15, 0.2) is 0 Å². The van der Waals surface area contributed by atoms with Crippen LogP contribution in [0.5, 0.6) is 0 Å². The van der Waals surface area contributed by atoms with Crippen molar-refractivity contribution in [3.8, 4) is 0 Å². The Morgan fingerprint density at radius 1 is 1.00 bits per heavy atom. The number of nitrogens with zero attached hydrogens (tertiary/aromatic N) is 2. The Labute approximate surface area is 184 Å². The van der Waals surface area contributed by atoms with Crippen molar-refractivity contribution in [3.63, 3.8) is 0 Å². The number of halogens is 3. The highest BCUT2D eigenvalue weighted by Crippen LogP contribution is 2.47. The summed E-state index contributed by atoms with van der Waals surface area (Å²) in [4.78, 5) is 18.1. The standard InChI is InChI=1S/C25H35F3N2O/c1-15(2)9-18-10-19-13-29(12-17-5-7-21(8-6-17)25(26,27)28)14-20-11-22(16(3)4)30(23(19)20)24(18)31/h5-8,15-16,18-20,22-23H,9-14H2,1-4H3/t18-,19-,20?,22-,23?/m1/s1. The summed E-state index contributed by atoms with van der Waals surface area (Å²) in [5.41, 5.74) is 0.329. The second kappa shape index (κ2) is 8.42. The Hall–Kier alpha value is -1.56. The first-order chi connectivity index (χ1) is 14.5. The van der Waals surface area contributed by atoms with Gasteiger partial charge in [-0.1, -0.05) is 39.8 Å². The molecule has 6 heteroatoms. The van der Waals surface area contributed by atoms with Crippen LogP contribution in [0.15, 0.2) is 24.3 Å². The first kappa shape index (κ1) is 22.6. The molecule has 0 spiro atoms. The summed E-state index contributed by atoms with van der Waals surface area (Å²) >= 11 is 0. The summed E-state index contributed by atoms with van der Waals surface area (Å²) in [6.07, 6.45) is -1.37. The molecule has 1 amide bonds. The highest BCUT2D eigenvalue weighted by molar-refractivity contribution is 5.81. The third-order valence-corrected chi connectivity index (χ3v) is 7.58. The van der Waals surface area contributed by atoms with E-state index in [1.807, 2.05) is 0 Å². The number of alkyl halides is 3. The van der Waals surface area contributed by atoms with E-state index in [9.17, 15) is 18.0 Å². The normalized spacial score (nSPS) is 31.6. The van der Waals surface area contributed by atoms with Gasteiger partial charge in [0, 0.05) is 37.6 Å². The van der Waals surface area contributed by atoms with Crippen LogP contribution in [-0.2, 0) is 17.5 Å². The van der Waals surface area contributed by atoms with E-state index in [2.05, 4.69) is 37.5 Å². The number of carbonyl (C=O) groups excluding carboxylic acids is 1. The van der Waals surface area contributed by atoms with Crippen molar-refractivity contribution in [2.75, 3.05) is 13.1 Å². The SMILES string of the molecule is CC(C)C[C@@H]1C[C@@H]2CN(Cc3ccc(C(F)(F)F)cc3)CC3C[C@H](C(C)C)N(C1=O)C32. The van der Waals surface area contributed by atoms with Crippen molar-refractivity contribution < 1.29 is 18.0 Å². The molecule has 0 aliphatic carbocycles. The fourth-order valence-electron chi connectivity index (χ4n) is 6.40. The van der Waals surface area contributed by atoms with Crippen LogP contribution in [0, 0.1) is 29.6 Å². The Morgan fingerprint density at radius 2 is 1.61 bits per heavy atom. The van der Waals surface area contributed by atoms with E-state index in [-0.39, 0.29) is 5.92 Å². The summed E-state index contributed by atoms with van der Waals surface area (Å²) in [5, 5.41) is 0. The molecule has 0 N–H and O–H groups in total. The topological polar surface area (TPSA) is 23.6 Å². The zero-order valence-corrected chi connectivity index (χ0v) is 19.0. The highest BCUT2D eigenvalue weighted by Gasteiger charge is 2.55. The van der Waals surface area contributed by atoms with Crippen LogP contribution in [0.1, 0.15) is 58.1 Å². The molecule has 0 radical (unpaired) electrons. The van der Waals surface area contributed by atoms with Gasteiger partial charge in [-0.15, -0.1) is 0 Å². The van der Waals surface area contributed by atoms with Crippen molar-refractivity contribution in [3.05, 3.63) is 35.4 Å². The minimum absolute atomic E-state index is 0.104. The maximum Gasteiger partial charge on any atom is 0.416 e. The number of piperidine rings is 2. The molecule has 3 saturated heterocycles. The predicted molar refractivity (Wildman–Crippen MR) is 115 cm³/mol. The molecule has 0 aromatic heterocycles. The average molecular weight is 437 g/mol. The molecule has 2 unspecified atom stereocenters. The van der Waals surface area contributed by atoms with Crippen LogP contribution in [0.3, 0.4) is 0 Å². The van der Waals surface area contributed by atoms with Gasteiger partial charge in [-0.25, -0.2) is 0 Å². The van der Waals surface area contributed by atoms with Crippen LogP contribution >= 0.6 is 0 Å².